The lowest BCUT2D eigenvalue weighted by atomic mass is 9.94. The SMILES string of the molecule is CN(C)C(=O)c1cc2c(c(-c3cccc(-c4ccccc4)c3)n1)[C@H](CCO)N([S@@](=O)C(C)(C)C)C2. The summed E-state index contributed by atoms with van der Waals surface area (Å²) in [5.41, 5.74) is 5.97. The predicted octanol–water partition coefficient (Wildman–Crippen LogP) is 4.82. The lowest BCUT2D eigenvalue weighted by molar-refractivity contribution is 0.0822. The molecule has 0 saturated heterocycles. The number of aromatic nitrogens is 1. The van der Waals surface area contributed by atoms with Crippen LogP contribution >= 0.6 is 0 Å². The average Bonchev–Trinajstić information content (AvgIpc) is 3.20. The molecule has 1 N–H and O–H groups in total. The first-order chi connectivity index (χ1) is 16.6. The lowest BCUT2D eigenvalue weighted by Gasteiger charge is -2.30. The van der Waals surface area contributed by atoms with Crippen molar-refractivity contribution in [1.29, 1.82) is 0 Å². The quantitative estimate of drug-likeness (QED) is 0.537. The van der Waals surface area contributed by atoms with Gasteiger partial charge in [-0.15, -0.1) is 0 Å². The van der Waals surface area contributed by atoms with Gasteiger partial charge in [0.15, 0.2) is 0 Å². The Labute approximate surface area is 210 Å². The van der Waals surface area contributed by atoms with Gasteiger partial charge in [0.05, 0.1) is 16.5 Å². The molecule has 35 heavy (non-hydrogen) atoms. The van der Waals surface area contributed by atoms with Crippen LogP contribution in [0.3, 0.4) is 0 Å². The minimum absolute atomic E-state index is 0.0379. The number of hydrogen-bond donors (Lipinski definition) is 1. The molecule has 6 nitrogen and oxygen atoms in total. The van der Waals surface area contributed by atoms with Crippen LogP contribution in [0.1, 0.15) is 54.8 Å². The monoisotopic (exact) mass is 491 g/mol. The Kier molecular flexibility index (Phi) is 7.22. The summed E-state index contributed by atoms with van der Waals surface area (Å²) in [6.07, 6.45) is 0.433. The number of nitrogens with zero attached hydrogens (tertiary/aromatic N) is 3. The van der Waals surface area contributed by atoms with E-state index in [0.717, 1.165) is 27.8 Å². The van der Waals surface area contributed by atoms with Gasteiger partial charge in [-0.05, 0) is 56.0 Å². The van der Waals surface area contributed by atoms with Gasteiger partial charge >= 0.3 is 0 Å². The van der Waals surface area contributed by atoms with Crippen LogP contribution in [0.5, 0.6) is 0 Å². The highest BCUT2D eigenvalue weighted by atomic mass is 32.2. The number of hydrogen-bond acceptors (Lipinski definition) is 4. The van der Waals surface area contributed by atoms with Crippen LogP contribution in [-0.2, 0) is 17.5 Å². The molecule has 4 rings (SSSR count). The number of amides is 1. The second kappa shape index (κ2) is 10.0. The van der Waals surface area contributed by atoms with Crippen LogP contribution in [0.15, 0.2) is 60.7 Å². The molecular formula is C28H33N3O3S. The standard InChI is InChI=1S/C28H33N3O3S/c1-28(2,3)35(34)31-18-22-17-23(27(33)30(4)5)29-26(25(22)24(31)14-15-32)21-13-9-12-20(16-21)19-10-7-6-8-11-19/h6-13,16-17,24,32H,14-15,18H2,1-5H3/t24-,35-/m0/s1. The molecule has 1 aromatic heterocycles. The van der Waals surface area contributed by atoms with Crippen LogP contribution in [0.2, 0.25) is 0 Å². The summed E-state index contributed by atoms with van der Waals surface area (Å²) in [6.45, 7) is 6.25. The highest BCUT2D eigenvalue weighted by Gasteiger charge is 2.40. The number of carbonyl (C=O) groups is 1. The van der Waals surface area contributed by atoms with Gasteiger partial charge in [-0.25, -0.2) is 13.5 Å². The summed E-state index contributed by atoms with van der Waals surface area (Å²) in [6, 6.07) is 19.8. The highest BCUT2D eigenvalue weighted by Crippen LogP contribution is 2.44. The van der Waals surface area contributed by atoms with Crippen molar-refractivity contribution in [2.75, 3.05) is 20.7 Å². The van der Waals surface area contributed by atoms with Gasteiger partial charge in [-0.1, -0.05) is 48.5 Å². The summed E-state index contributed by atoms with van der Waals surface area (Å²) in [4.78, 5) is 19.3. The Balaban J connectivity index is 1.92. The molecule has 1 aliphatic heterocycles. The predicted molar refractivity (Wildman–Crippen MR) is 141 cm³/mol. The van der Waals surface area contributed by atoms with Crippen molar-refractivity contribution in [2.24, 2.45) is 0 Å². The Hall–Kier alpha value is -2.87. The molecule has 0 bridgehead atoms. The van der Waals surface area contributed by atoms with Crippen LogP contribution < -0.4 is 0 Å². The molecule has 2 aromatic carbocycles. The van der Waals surface area contributed by atoms with Crippen LogP contribution in [0, 0.1) is 0 Å². The van der Waals surface area contributed by atoms with E-state index in [1.807, 2.05) is 61.5 Å². The number of pyridine rings is 1. The van der Waals surface area contributed by atoms with Gasteiger partial charge in [0.25, 0.3) is 5.91 Å². The van der Waals surface area contributed by atoms with Gasteiger partial charge in [0.2, 0.25) is 0 Å². The largest absolute Gasteiger partial charge is 0.396 e. The smallest absolute Gasteiger partial charge is 0.271 e. The maximum Gasteiger partial charge on any atom is 0.271 e. The minimum atomic E-state index is -1.30. The summed E-state index contributed by atoms with van der Waals surface area (Å²) in [5.74, 6) is -0.178. The van der Waals surface area contributed by atoms with Crippen molar-refractivity contribution in [1.82, 2.24) is 14.2 Å². The Bertz CT molecular complexity index is 1250. The zero-order valence-corrected chi connectivity index (χ0v) is 21.8. The van der Waals surface area contributed by atoms with Crippen LogP contribution in [0.4, 0.5) is 0 Å². The number of carbonyl (C=O) groups excluding carboxylic acids is 1. The third-order valence-electron chi connectivity index (χ3n) is 6.16. The molecule has 0 unspecified atom stereocenters. The molecule has 0 spiro atoms. The average molecular weight is 492 g/mol. The molecule has 0 fully saturated rings. The van der Waals surface area contributed by atoms with E-state index in [9.17, 15) is 14.1 Å². The zero-order chi connectivity index (χ0) is 25.3. The molecule has 1 aliphatic rings. The molecule has 2 heterocycles. The van der Waals surface area contributed by atoms with Gasteiger partial charge in [-0.2, -0.15) is 0 Å². The summed E-state index contributed by atoms with van der Waals surface area (Å²) >= 11 is 0. The Morgan fingerprint density at radius 2 is 1.71 bits per heavy atom. The fourth-order valence-corrected chi connectivity index (χ4v) is 5.91. The first-order valence-electron chi connectivity index (χ1n) is 11.8. The Morgan fingerprint density at radius 1 is 1.06 bits per heavy atom. The van der Waals surface area contributed by atoms with Crippen LogP contribution in [-0.4, -0.2) is 54.9 Å². The summed E-state index contributed by atoms with van der Waals surface area (Å²) in [7, 11) is 2.13. The molecule has 7 heteroatoms. The summed E-state index contributed by atoms with van der Waals surface area (Å²) in [5, 5.41) is 9.92. The molecule has 184 valence electrons. The highest BCUT2D eigenvalue weighted by molar-refractivity contribution is 7.84. The number of fused-ring (bicyclic) bond motifs is 1. The van der Waals surface area contributed by atoms with E-state index in [1.165, 1.54) is 4.90 Å². The Morgan fingerprint density at radius 3 is 2.34 bits per heavy atom. The molecule has 1 amide bonds. The lowest BCUT2D eigenvalue weighted by Crippen LogP contribution is -2.36. The molecule has 0 radical (unpaired) electrons. The third-order valence-corrected chi connectivity index (χ3v) is 8.02. The van der Waals surface area contributed by atoms with Crippen molar-refractivity contribution >= 4 is 16.9 Å². The van der Waals surface area contributed by atoms with E-state index < -0.39 is 15.7 Å². The van der Waals surface area contributed by atoms with E-state index in [4.69, 9.17) is 4.98 Å². The zero-order valence-electron chi connectivity index (χ0n) is 21.0. The number of benzene rings is 2. The molecule has 0 aliphatic carbocycles. The van der Waals surface area contributed by atoms with Crippen LogP contribution in [0.25, 0.3) is 22.4 Å². The maximum atomic E-state index is 13.5. The van der Waals surface area contributed by atoms with Gasteiger partial charge < -0.3 is 10.0 Å². The first-order valence-corrected chi connectivity index (χ1v) is 12.9. The van der Waals surface area contributed by atoms with Crippen molar-refractivity contribution in [3.05, 3.63) is 77.5 Å². The topological polar surface area (TPSA) is 73.7 Å². The maximum absolute atomic E-state index is 13.5. The molecule has 3 aromatic rings. The summed E-state index contributed by atoms with van der Waals surface area (Å²) < 4.78 is 15.0. The molecule has 0 saturated carbocycles. The van der Waals surface area contributed by atoms with E-state index in [2.05, 4.69) is 24.3 Å². The molecule has 2 atom stereocenters. The minimum Gasteiger partial charge on any atom is -0.396 e. The van der Waals surface area contributed by atoms with Crippen molar-refractivity contribution in [3.63, 3.8) is 0 Å². The molecular weight excluding hydrogens is 458 g/mol. The second-order valence-corrected chi connectivity index (χ2v) is 12.2. The van der Waals surface area contributed by atoms with Crippen molar-refractivity contribution < 1.29 is 14.1 Å². The van der Waals surface area contributed by atoms with Gasteiger partial charge in [0.1, 0.15) is 16.7 Å². The fraction of sp³-hybridized carbons (Fsp3) is 0.357. The van der Waals surface area contributed by atoms with E-state index in [0.29, 0.717) is 24.4 Å². The number of rotatable bonds is 6. The third kappa shape index (κ3) is 5.08. The fourth-order valence-electron chi connectivity index (χ4n) is 4.50. The van der Waals surface area contributed by atoms with E-state index in [1.54, 1.807) is 14.1 Å². The number of aliphatic hydroxyl groups is 1. The normalized spacial score (nSPS) is 16.7. The van der Waals surface area contributed by atoms with Crippen molar-refractivity contribution in [3.8, 4) is 22.4 Å². The number of aliphatic hydroxyl groups excluding tert-OH is 1. The van der Waals surface area contributed by atoms with Gasteiger partial charge in [0, 0.05) is 38.4 Å². The van der Waals surface area contributed by atoms with Crippen molar-refractivity contribution in [2.45, 2.75) is 44.5 Å². The van der Waals surface area contributed by atoms with E-state index >= 15 is 0 Å². The second-order valence-electron chi connectivity index (χ2n) is 10.0. The van der Waals surface area contributed by atoms with E-state index in [-0.39, 0.29) is 18.6 Å². The van der Waals surface area contributed by atoms with Gasteiger partial charge in [-0.3, -0.25) is 4.79 Å². The first kappa shape index (κ1) is 25.2.